The molecule has 0 radical (unpaired) electrons. The summed E-state index contributed by atoms with van der Waals surface area (Å²) in [6, 6.07) is 0.757. The lowest BCUT2D eigenvalue weighted by Gasteiger charge is -2.55. The molecule has 2 fully saturated rings. The van der Waals surface area contributed by atoms with E-state index in [-0.39, 0.29) is 0 Å². The van der Waals surface area contributed by atoms with Crippen molar-refractivity contribution < 1.29 is 4.74 Å². The van der Waals surface area contributed by atoms with Gasteiger partial charge in [0.05, 0.1) is 12.8 Å². The highest BCUT2D eigenvalue weighted by molar-refractivity contribution is 7.84. The van der Waals surface area contributed by atoms with E-state index in [9.17, 15) is 0 Å². The molecule has 144 valence electrons. The molecule has 25 heavy (non-hydrogen) atoms. The SMILES string of the molecule is C=C/C(S)=C\[C@@H](CC)CN(C)C1CC2(CCN(COC(C)C)CC2)C1. The molecule has 2 rings (SSSR count). The molecule has 1 aliphatic heterocycles. The van der Waals surface area contributed by atoms with Gasteiger partial charge in [-0.05, 0) is 69.2 Å². The summed E-state index contributed by atoms with van der Waals surface area (Å²) in [6.45, 7) is 14.6. The summed E-state index contributed by atoms with van der Waals surface area (Å²) < 4.78 is 5.76. The van der Waals surface area contributed by atoms with Gasteiger partial charge in [-0.2, -0.15) is 0 Å². The average molecular weight is 367 g/mol. The number of allylic oxidation sites excluding steroid dienone is 1. The zero-order valence-corrected chi connectivity index (χ0v) is 17.6. The van der Waals surface area contributed by atoms with Crippen LogP contribution in [0.25, 0.3) is 0 Å². The molecule has 0 bridgehead atoms. The van der Waals surface area contributed by atoms with E-state index in [1.165, 1.54) is 38.8 Å². The number of likely N-dealkylation sites (tertiary alicyclic amines) is 1. The summed E-state index contributed by atoms with van der Waals surface area (Å²) in [5.74, 6) is 0.571. The lowest BCUT2D eigenvalue weighted by Crippen LogP contribution is -2.54. The van der Waals surface area contributed by atoms with E-state index in [1.807, 2.05) is 6.08 Å². The van der Waals surface area contributed by atoms with Crippen LogP contribution in [-0.4, -0.2) is 55.4 Å². The molecule has 1 spiro atoms. The highest BCUT2D eigenvalue weighted by Crippen LogP contribution is 2.50. The molecule has 0 aromatic carbocycles. The first-order valence-corrected chi connectivity index (χ1v) is 10.4. The predicted octanol–water partition coefficient (Wildman–Crippen LogP) is 4.57. The Morgan fingerprint density at radius 3 is 2.52 bits per heavy atom. The Morgan fingerprint density at radius 1 is 1.36 bits per heavy atom. The first-order valence-electron chi connectivity index (χ1n) is 9.95. The molecule has 0 aromatic rings. The van der Waals surface area contributed by atoms with Gasteiger partial charge in [0.1, 0.15) is 0 Å². The zero-order valence-electron chi connectivity index (χ0n) is 16.7. The molecule has 0 unspecified atom stereocenters. The molecule has 1 saturated carbocycles. The molecule has 1 aliphatic carbocycles. The highest BCUT2D eigenvalue weighted by atomic mass is 32.1. The van der Waals surface area contributed by atoms with Crippen LogP contribution in [0, 0.1) is 11.3 Å². The summed E-state index contributed by atoms with van der Waals surface area (Å²) >= 11 is 4.46. The summed E-state index contributed by atoms with van der Waals surface area (Å²) in [4.78, 5) is 6.05. The summed E-state index contributed by atoms with van der Waals surface area (Å²) in [5.41, 5.74) is 0.612. The van der Waals surface area contributed by atoms with Gasteiger partial charge in [0.15, 0.2) is 0 Å². The van der Waals surface area contributed by atoms with Gasteiger partial charge in [0.2, 0.25) is 0 Å². The van der Waals surface area contributed by atoms with E-state index in [4.69, 9.17) is 4.74 Å². The third-order valence-corrected chi connectivity index (χ3v) is 6.46. The number of thiol groups is 1. The van der Waals surface area contributed by atoms with E-state index in [0.717, 1.165) is 30.6 Å². The molecule has 1 saturated heterocycles. The second-order valence-corrected chi connectivity index (χ2v) is 8.94. The van der Waals surface area contributed by atoms with Gasteiger partial charge in [-0.15, -0.1) is 12.6 Å². The van der Waals surface area contributed by atoms with Crippen molar-refractivity contribution in [3.63, 3.8) is 0 Å². The van der Waals surface area contributed by atoms with Crippen LogP contribution in [0.5, 0.6) is 0 Å². The van der Waals surface area contributed by atoms with Crippen molar-refractivity contribution in [2.75, 3.05) is 33.4 Å². The fourth-order valence-electron chi connectivity index (χ4n) is 4.20. The molecule has 4 heteroatoms. The van der Waals surface area contributed by atoms with Gasteiger partial charge in [0.25, 0.3) is 0 Å². The number of hydrogen-bond acceptors (Lipinski definition) is 4. The Morgan fingerprint density at radius 2 is 2.00 bits per heavy atom. The predicted molar refractivity (Wildman–Crippen MR) is 111 cm³/mol. The van der Waals surface area contributed by atoms with E-state index in [1.54, 1.807) is 0 Å². The van der Waals surface area contributed by atoms with Crippen LogP contribution < -0.4 is 0 Å². The van der Waals surface area contributed by atoms with Crippen molar-refractivity contribution in [2.45, 2.75) is 65.0 Å². The molecule has 2 aliphatic rings. The molecular formula is C21H38N2OS. The third kappa shape index (κ3) is 6.13. The number of piperidine rings is 1. The van der Waals surface area contributed by atoms with Crippen LogP contribution in [0.2, 0.25) is 0 Å². The van der Waals surface area contributed by atoms with Gasteiger partial charge >= 0.3 is 0 Å². The molecule has 0 amide bonds. The minimum atomic E-state index is 0.331. The van der Waals surface area contributed by atoms with Crippen molar-refractivity contribution in [3.8, 4) is 0 Å². The Balaban J connectivity index is 1.73. The van der Waals surface area contributed by atoms with Crippen LogP contribution in [0.15, 0.2) is 23.6 Å². The van der Waals surface area contributed by atoms with Gasteiger partial charge in [-0.25, -0.2) is 0 Å². The third-order valence-electron chi connectivity index (χ3n) is 6.13. The highest BCUT2D eigenvalue weighted by Gasteiger charge is 2.47. The van der Waals surface area contributed by atoms with Gasteiger partial charge in [0, 0.05) is 25.7 Å². The van der Waals surface area contributed by atoms with E-state index in [0.29, 0.717) is 17.4 Å². The van der Waals surface area contributed by atoms with Gasteiger partial charge in [-0.1, -0.05) is 25.7 Å². The maximum absolute atomic E-state index is 5.76. The summed E-state index contributed by atoms with van der Waals surface area (Å²) in [7, 11) is 2.30. The molecule has 0 aromatic heterocycles. The molecule has 3 nitrogen and oxygen atoms in total. The zero-order chi connectivity index (χ0) is 18.4. The van der Waals surface area contributed by atoms with E-state index < -0.39 is 0 Å². The number of ether oxygens (including phenoxy) is 1. The fraction of sp³-hybridized carbons (Fsp3) is 0.810. The standard InChI is InChI=1S/C21H38N2OS/c1-6-18(12-20(25)7-2)15-22(5)19-13-21(14-19)8-10-23(11-9-21)16-24-17(3)4/h7,12,17-19,25H,2,6,8-11,13-16H2,1,3-5H3/b20-12+/t18-/m1/s1. The Labute approximate surface area is 160 Å². The summed E-state index contributed by atoms with van der Waals surface area (Å²) in [5, 5.41) is 0. The monoisotopic (exact) mass is 366 g/mol. The molecular weight excluding hydrogens is 328 g/mol. The van der Waals surface area contributed by atoms with Crippen molar-refractivity contribution >= 4 is 12.6 Å². The largest absolute Gasteiger partial charge is 0.363 e. The number of rotatable bonds is 9. The van der Waals surface area contributed by atoms with Crippen molar-refractivity contribution in [2.24, 2.45) is 11.3 Å². The normalized spacial score (nSPS) is 23.2. The second kappa shape index (κ2) is 9.59. The number of hydrogen-bond donors (Lipinski definition) is 1. The smallest absolute Gasteiger partial charge is 0.0993 e. The Kier molecular flexibility index (Phi) is 8.06. The van der Waals surface area contributed by atoms with Gasteiger partial charge in [-0.3, -0.25) is 4.90 Å². The molecule has 1 heterocycles. The molecule has 0 N–H and O–H groups in total. The lowest BCUT2D eigenvalue weighted by molar-refractivity contribution is -0.0724. The van der Waals surface area contributed by atoms with E-state index >= 15 is 0 Å². The quantitative estimate of drug-likeness (QED) is 0.475. The van der Waals surface area contributed by atoms with Crippen molar-refractivity contribution in [1.29, 1.82) is 0 Å². The maximum Gasteiger partial charge on any atom is 0.0993 e. The first kappa shape index (κ1) is 21.0. The van der Waals surface area contributed by atoms with Crippen molar-refractivity contribution in [1.82, 2.24) is 9.80 Å². The van der Waals surface area contributed by atoms with E-state index in [2.05, 4.69) is 62.9 Å². The second-order valence-electron chi connectivity index (χ2n) is 8.43. The fourth-order valence-corrected chi connectivity index (χ4v) is 4.41. The Hall–Kier alpha value is -0.290. The van der Waals surface area contributed by atoms with Crippen molar-refractivity contribution in [3.05, 3.63) is 23.6 Å². The first-order chi connectivity index (χ1) is 11.9. The minimum Gasteiger partial charge on any atom is -0.363 e. The molecule has 1 atom stereocenters. The lowest BCUT2D eigenvalue weighted by atomic mass is 9.60. The van der Waals surface area contributed by atoms with Gasteiger partial charge < -0.3 is 9.64 Å². The van der Waals surface area contributed by atoms with Crippen LogP contribution in [0.1, 0.15) is 52.9 Å². The summed E-state index contributed by atoms with van der Waals surface area (Å²) in [6.07, 6.45) is 11.0. The Bertz CT molecular complexity index is 447. The topological polar surface area (TPSA) is 15.7 Å². The van der Waals surface area contributed by atoms with Crippen LogP contribution in [0.4, 0.5) is 0 Å². The average Bonchev–Trinajstić information content (AvgIpc) is 2.57. The number of nitrogens with zero attached hydrogens (tertiary/aromatic N) is 2. The van der Waals surface area contributed by atoms with Crippen LogP contribution >= 0.6 is 12.6 Å². The van der Waals surface area contributed by atoms with Crippen LogP contribution in [-0.2, 0) is 4.74 Å². The minimum absolute atomic E-state index is 0.331. The van der Waals surface area contributed by atoms with Crippen LogP contribution in [0.3, 0.4) is 0 Å². The maximum atomic E-state index is 5.76.